The number of halogens is 1. The Morgan fingerprint density at radius 2 is 1.54 bits per heavy atom. The summed E-state index contributed by atoms with van der Waals surface area (Å²) in [5.74, 6) is -0.537. The van der Waals surface area contributed by atoms with Gasteiger partial charge in [0, 0.05) is 17.4 Å². The van der Waals surface area contributed by atoms with E-state index in [1.165, 1.54) is 12.1 Å². The quantitative estimate of drug-likeness (QED) is 0.590. The molecule has 0 fully saturated rings. The summed E-state index contributed by atoms with van der Waals surface area (Å²) in [6.07, 6.45) is 0. The second-order valence-corrected chi connectivity index (χ2v) is 6.43. The lowest BCUT2D eigenvalue weighted by molar-refractivity contribution is 0.0997. The standard InChI is InChI=1S/C21H20FN3O3/c1-13(2)23-21(27)25-15-9-7-14(8-10-15)24-20(26)19-12-11-18(28-19)16-5-3-4-6-17(16)22/h3-13H,1-2H3,(H,24,26)(H2,23,25,27). The van der Waals surface area contributed by atoms with Crippen LogP contribution in [0.3, 0.4) is 0 Å². The minimum Gasteiger partial charge on any atom is -0.451 e. The van der Waals surface area contributed by atoms with Gasteiger partial charge in [-0.25, -0.2) is 9.18 Å². The van der Waals surface area contributed by atoms with Gasteiger partial charge in [0.1, 0.15) is 11.6 Å². The van der Waals surface area contributed by atoms with E-state index in [4.69, 9.17) is 4.42 Å². The molecular weight excluding hydrogens is 361 g/mol. The Hall–Kier alpha value is -3.61. The van der Waals surface area contributed by atoms with E-state index in [0.29, 0.717) is 11.4 Å². The van der Waals surface area contributed by atoms with E-state index in [0.717, 1.165) is 0 Å². The van der Waals surface area contributed by atoms with Crippen molar-refractivity contribution in [2.24, 2.45) is 0 Å². The van der Waals surface area contributed by atoms with E-state index in [1.54, 1.807) is 48.5 Å². The average molecular weight is 381 g/mol. The Morgan fingerprint density at radius 3 is 2.18 bits per heavy atom. The zero-order valence-electron chi connectivity index (χ0n) is 15.5. The second kappa shape index (κ2) is 8.39. The van der Waals surface area contributed by atoms with Gasteiger partial charge < -0.3 is 20.4 Å². The molecule has 0 saturated carbocycles. The molecule has 7 heteroatoms. The normalized spacial score (nSPS) is 10.6. The third-order valence-corrected chi connectivity index (χ3v) is 3.79. The SMILES string of the molecule is CC(C)NC(=O)Nc1ccc(NC(=O)c2ccc(-c3ccccc3F)o2)cc1. The molecule has 0 atom stereocenters. The largest absolute Gasteiger partial charge is 0.451 e. The zero-order valence-corrected chi connectivity index (χ0v) is 15.5. The maximum absolute atomic E-state index is 13.8. The van der Waals surface area contributed by atoms with Crippen molar-refractivity contribution in [3.63, 3.8) is 0 Å². The highest BCUT2D eigenvalue weighted by Gasteiger charge is 2.14. The fourth-order valence-corrected chi connectivity index (χ4v) is 2.52. The van der Waals surface area contributed by atoms with E-state index in [1.807, 2.05) is 13.8 Å². The number of carbonyl (C=O) groups excluding carboxylic acids is 2. The summed E-state index contributed by atoms with van der Waals surface area (Å²) in [4.78, 5) is 24.0. The third kappa shape index (κ3) is 4.76. The van der Waals surface area contributed by atoms with E-state index in [-0.39, 0.29) is 29.2 Å². The van der Waals surface area contributed by atoms with Crippen molar-refractivity contribution < 1.29 is 18.4 Å². The van der Waals surface area contributed by atoms with Gasteiger partial charge >= 0.3 is 6.03 Å². The van der Waals surface area contributed by atoms with Gasteiger partial charge in [0.2, 0.25) is 0 Å². The molecule has 144 valence electrons. The summed E-state index contributed by atoms with van der Waals surface area (Å²) >= 11 is 0. The summed E-state index contributed by atoms with van der Waals surface area (Å²) in [7, 11) is 0. The van der Waals surface area contributed by atoms with E-state index < -0.39 is 11.7 Å². The van der Waals surface area contributed by atoms with Crippen LogP contribution in [-0.4, -0.2) is 18.0 Å². The number of hydrogen-bond acceptors (Lipinski definition) is 3. The number of anilines is 2. The predicted octanol–water partition coefficient (Wildman–Crippen LogP) is 4.87. The number of hydrogen-bond donors (Lipinski definition) is 3. The van der Waals surface area contributed by atoms with Crippen molar-refractivity contribution in [2.75, 3.05) is 10.6 Å². The third-order valence-electron chi connectivity index (χ3n) is 3.79. The molecule has 28 heavy (non-hydrogen) atoms. The first-order chi connectivity index (χ1) is 13.4. The summed E-state index contributed by atoms with van der Waals surface area (Å²) in [6, 6.07) is 15.6. The topological polar surface area (TPSA) is 83.4 Å². The van der Waals surface area contributed by atoms with Crippen molar-refractivity contribution in [2.45, 2.75) is 19.9 Å². The molecule has 1 aromatic heterocycles. The maximum Gasteiger partial charge on any atom is 0.319 e. The van der Waals surface area contributed by atoms with Crippen LogP contribution >= 0.6 is 0 Å². The van der Waals surface area contributed by atoms with Gasteiger partial charge in [0.25, 0.3) is 5.91 Å². The van der Waals surface area contributed by atoms with Gasteiger partial charge in [-0.1, -0.05) is 12.1 Å². The van der Waals surface area contributed by atoms with Crippen LogP contribution in [0.4, 0.5) is 20.6 Å². The number of carbonyl (C=O) groups is 2. The lowest BCUT2D eigenvalue weighted by atomic mass is 10.1. The summed E-state index contributed by atoms with van der Waals surface area (Å²) in [6.45, 7) is 3.73. The van der Waals surface area contributed by atoms with Gasteiger partial charge in [0.05, 0.1) is 5.56 Å². The number of benzene rings is 2. The molecule has 2 aromatic carbocycles. The van der Waals surface area contributed by atoms with Crippen molar-refractivity contribution >= 4 is 23.3 Å². The van der Waals surface area contributed by atoms with Crippen LogP contribution in [0, 0.1) is 5.82 Å². The fourth-order valence-electron chi connectivity index (χ4n) is 2.52. The highest BCUT2D eigenvalue weighted by atomic mass is 19.1. The van der Waals surface area contributed by atoms with Crippen LogP contribution in [0.5, 0.6) is 0 Å². The molecule has 0 saturated heterocycles. The number of urea groups is 1. The summed E-state index contributed by atoms with van der Waals surface area (Å²) in [5.41, 5.74) is 1.41. The van der Waals surface area contributed by atoms with Crippen LogP contribution in [0.15, 0.2) is 65.1 Å². The molecule has 3 aromatic rings. The predicted molar refractivity (Wildman–Crippen MR) is 106 cm³/mol. The molecule has 0 bridgehead atoms. The average Bonchev–Trinajstić information content (AvgIpc) is 3.13. The summed E-state index contributed by atoms with van der Waals surface area (Å²) < 4.78 is 19.3. The van der Waals surface area contributed by atoms with Gasteiger partial charge in [-0.2, -0.15) is 0 Å². The van der Waals surface area contributed by atoms with Crippen molar-refractivity contribution in [3.8, 4) is 11.3 Å². The number of amides is 3. The molecule has 0 aliphatic carbocycles. The Labute approximate surface area is 161 Å². The zero-order chi connectivity index (χ0) is 20.1. The fraction of sp³-hybridized carbons (Fsp3) is 0.143. The van der Waals surface area contributed by atoms with Gasteiger partial charge in [-0.3, -0.25) is 4.79 Å². The van der Waals surface area contributed by atoms with Crippen LogP contribution in [0.2, 0.25) is 0 Å². The van der Waals surface area contributed by atoms with Crippen LogP contribution in [0.1, 0.15) is 24.4 Å². The first-order valence-corrected chi connectivity index (χ1v) is 8.76. The molecule has 1 heterocycles. The Morgan fingerprint density at radius 1 is 0.893 bits per heavy atom. The highest BCUT2D eigenvalue weighted by molar-refractivity contribution is 6.02. The smallest absolute Gasteiger partial charge is 0.319 e. The molecule has 0 aliphatic rings. The lowest BCUT2D eigenvalue weighted by Crippen LogP contribution is -2.34. The molecule has 0 aliphatic heterocycles. The molecule has 0 unspecified atom stereocenters. The molecule has 6 nitrogen and oxygen atoms in total. The minimum absolute atomic E-state index is 0.0288. The highest BCUT2D eigenvalue weighted by Crippen LogP contribution is 2.25. The molecular formula is C21H20FN3O3. The molecule has 3 rings (SSSR count). The van der Waals surface area contributed by atoms with Gasteiger partial charge in [-0.15, -0.1) is 0 Å². The monoisotopic (exact) mass is 381 g/mol. The lowest BCUT2D eigenvalue weighted by Gasteiger charge is -2.10. The van der Waals surface area contributed by atoms with Crippen LogP contribution in [-0.2, 0) is 0 Å². The van der Waals surface area contributed by atoms with Gasteiger partial charge in [0.15, 0.2) is 5.76 Å². The molecule has 3 N–H and O–H groups in total. The van der Waals surface area contributed by atoms with Crippen molar-refractivity contribution in [1.29, 1.82) is 0 Å². The van der Waals surface area contributed by atoms with E-state index >= 15 is 0 Å². The Kier molecular flexibility index (Phi) is 5.74. The van der Waals surface area contributed by atoms with Gasteiger partial charge in [-0.05, 0) is 62.4 Å². The first kappa shape index (κ1) is 19.2. The maximum atomic E-state index is 13.8. The van der Waals surface area contributed by atoms with Crippen LogP contribution in [0.25, 0.3) is 11.3 Å². The minimum atomic E-state index is -0.458. The number of nitrogens with one attached hydrogen (secondary N) is 3. The Balaban J connectivity index is 1.64. The number of rotatable bonds is 5. The Bertz CT molecular complexity index is 981. The summed E-state index contributed by atoms with van der Waals surface area (Å²) in [5, 5.41) is 8.11. The van der Waals surface area contributed by atoms with Crippen molar-refractivity contribution in [1.82, 2.24) is 5.32 Å². The second-order valence-electron chi connectivity index (χ2n) is 6.43. The van der Waals surface area contributed by atoms with Crippen molar-refractivity contribution in [3.05, 3.63) is 72.2 Å². The first-order valence-electron chi connectivity index (χ1n) is 8.76. The van der Waals surface area contributed by atoms with E-state index in [2.05, 4.69) is 16.0 Å². The van der Waals surface area contributed by atoms with E-state index in [9.17, 15) is 14.0 Å². The number of furan rings is 1. The molecule has 0 spiro atoms. The van der Waals surface area contributed by atoms with Crippen LogP contribution < -0.4 is 16.0 Å². The molecule has 0 radical (unpaired) electrons. The molecule has 3 amide bonds.